The highest BCUT2D eigenvalue weighted by Gasteiger charge is 2.30. The molecule has 0 fully saturated rings. The summed E-state index contributed by atoms with van der Waals surface area (Å²) in [6, 6.07) is 0. The second kappa shape index (κ2) is 37.1. The van der Waals surface area contributed by atoms with Crippen molar-refractivity contribution >= 4 is 0 Å². The van der Waals surface area contributed by atoms with Gasteiger partial charge in [0, 0.05) is 0 Å². The van der Waals surface area contributed by atoms with Gasteiger partial charge in [0.25, 0.3) is 0 Å². The smallest absolute Gasteiger partial charge is 0.105 e. The molecule has 0 aliphatic heterocycles. The summed E-state index contributed by atoms with van der Waals surface area (Å²) in [5.41, 5.74) is 0. The molecule has 6 heteroatoms. The van der Waals surface area contributed by atoms with Crippen LogP contribution in [0, 0.1) is 0 Å². The van der Waals surface area contributed by atoms with Gasteiger partial charge in [-0.25, -0.2) is 0 Å². The minimum absolute atomic E-state index is 0.300. The van der Waals surface area contributed by atoms with Gasteiger partial charge in [-0.3, -0.25) is 0 Å². The Balaban J connectivity index is 5.12. The Morgan fingerprint density at radius 1 is 0.278 bits per heavy atom. The third kappa shape index (κ3) is 33.9. The number of rotatable bonds is 43. The fourth-order valence-electron chi connectivity index (χ4n) is 8.90. The molecule has 0 amide bonds. The zero-order valence-electron chi connectivity index (χ0n) is 37.9. The lowest BCUT2D eigenvalue weighted by Gasteiger charge is -2.38. The number of hydrogen-bond donors (Lipinski definition) is 4. The number of aliphatic hydroxyl groups excluding tert-OH is 4. The summed E-state index contributed by atoms with van der Waals surface area (Å²) in [5, 5.41) is 44.5. The van der Waals surface area contributed by atoms with Gasteiger partial charge in [-0.05, 0) is 51.4 Å². The minimum atomic E-state index is -0.300. The van der Waals surface area contributed by atoms with Crippen LogP contribution >= 0.6 is 0 Å². The lowest BCUT2D eigenvalue weighted by Crippen LogP contribution is -2.53. The highest BCUT2D eigenvalue weighted by Crippen LogP contribution is 2.20. The maximum atomic E-state index is 11.1. The van der Waals surface area contributed by atoms with Crippen molar-refractivity contribution in [2.75, 3.05) is 53.4 Å². The van der Waals surface area contributed by atoms with Crippen molar-refractivity contribution in [2.45, 2.75) is 258 Å². The second-order valence-electron chi connectivity index (χ2n) is 18.7. The molecule has 6 nitrogen and oxygen atoms in total. The van der Waals surface area contributed by atoms with E-state index in [-0.39, 0.29) is 24.4 Å². The van der Waals surface area contributed by atoms with E-state index in [1.165, 1.54) is 128 Å². The number of likely N-dealkylation sites (N-methyl/N-ethyl adjacent to an activating group) is 2. The first-order valence-corrected chi connectivity index (χ1v) is 24.4. The molecule has 0 aliphatic carbocycles. The largest absolute Gasteiger partial charge is 0.387 e. The summed E-state index contributed by atoms with van der Waals surface area (Å²) in [7, 11) is 4.55. The molecule has 0 aromatic rings. The molecule has 0 aromatic carbocycles. The highest BCUT2D eigenvalue weighted by atomic mass is 16.3. The molecule has 4 N–H and O–H groups in total. The van der Waals surface area contributed by atoms with Gasteiger partial charge in [-0.1, -0.05) is 182 Å². The fourth-order valence-corrected chi connectivity index (χ4v) is 8.90. The molecule has 0 bridgehead atoms. The van der Waals surface area contributed by atoms with Gasteiger partial charge in [0.1, 0.15) is 50.6 Å². The van der Waals surface area contributed by atoms with Gasteiger partial charge in [-0.15, -0.1) is 0 Å². The average Bonchev–Trinajstić information content (AvgIpc) is 3.12. The average molecular weight is 771 g/mol. The first-order valence-electron chi connectivity index (χ1n) is 24.4. The summed E-state index contributed by atoms with van der Waals surface area (Å²) in [6.45, 7) is 14.0. The van der Waals surface area contributed by atoms with Gasteiger partial charge >= 0.3 is 0 Å². The van der Waals surface area contributed by atoms with Crippen LogP contribution in [0.15, 0.2) is 0 Å². The SMILES string of the molecule is CCCCCCCCC(O)C[N+](C)(CCCCCC[N+](C)(CC(O)CCCCCCCC)CC(O)CCCCCCCC)CC(O)CCCCCCCC. The lowest BCUT2D eigenvalue weighted by molar-refractivity contribution is -0.916. The summed E-state index contributed by atoms with van der Waals surface area (Å²) in [6.07, 6.45) is 36.7. The van der Waals surface area contributed by atoms with Gasteiger partial charge in [0.15, 0.2) is 0 Å². The van der Waals surface area contributed by atoms with E-state index >= 15 is 0 Å². The zero-order chi connectivity index (χ0) is 40.2. The third-order valence-corrected chi connectivity index (χ3v) is 12.3. The first kappa shape index (κ1) is 53.8. The van der Waals surface area contributed by atoms with E-state index in [0.717, 1.165) is 125 Å². The van der Waals surface area contributed by atoms with Crippen molar-refractivity contribution in [3.63, 3.8) is 0 Å². The zero-order valence-corrected chi connectivity index (χ0v) is 37.9. The van der Waals surface area contributed by atoms with Crippen molar-refractivity contribution < 1.29 is 29.4 Å². The Morgan fingerprint density at radius 2 is 0.463 bits per heavy atom. The maximum absolute atomic E-state index is 11.1. The van der Waals surface area contributed by atoms with E-state index in [2.05, 4.69) is 41.8 Å². The van der Waals surface area contributed by atoms with E-state index in [1.54, 1.807) is 0 Å². The van der Waals surface area contributed by atoms with Crippen LogP contribution in [-0.4, -0.2) is 107 Å². The summed E-state index contributed by atoms with van der Waals surface area (Å²) >= 11 is 0. The standard InChI is InChI=1S/C48H102N2O4/c1-7-11-15-19-23-29-35-45(51)41-49(5,42-46(52)36-30-24-20-16-12-8-2)39-33-27-28-34-40-50(6,43-47(53)37-31-25-21-17-13-9-3)44-48(54)38-32-26-22-18-14-10-4/h45-48,51-54H,7-44H2,1-6H3/q+2. The van der Waals surface area contributed by atoms with Gasteiger partial charge in [0.2, 0.25) is 0 Å². The molecule has 0 aliphatic rings. The minimum Gasteiger partial charge on any atom is -0.387 e. The van der Waals surface area contributed by atoms with Crippen LogP contribution in [0.2, 0.25) is 0 Å². The molecule has 54 heavy (non-hydrogen) atoms. The van der Waals surface area contributed by atoms with E-state index in [9.17, 15) is 20.4 Å². The van der Waals surface area contributed by atoms with Crippen LogP contribution in [0.3, 0.4) is 0 Å². The predicted octanol–water partition coefficient (Wildman–Crippen LogP) is 11.9. The Hall–Kier alpha value is -0.240. The fraction of sp³-hybridized carbons (Fsp3) is 1.00. The highest BCUT2D eigenvalue weighted by molar-refractivity contribution is 4.64. The molecular formula is C48H102N2O4+2. The Morgan fingerprint density at radius 3 is 0.685 bits per heavy atom. The number of nitrogens with zero attached hydrogens (tertiary/aromatic N) is 2. The Kier molecular flexibility index (Phi) is 36.9. The van der Waals surface area contributed by atoms with Crippen LogP contribution in [0.25, 0.3) is 0 Å². The van der Waals surface area contributed by atoms with Crippen LogP contribution in [0.4, 0.5) is 0 Å². The molecule has 0 heterocycles. The second-order valence-corrected chi connectivity index (χ2v) is 18.7. The summed E-state index contributed by atoms with van der Waals surface area (Å²) < 4.78 is 1.52. The number of quaternary nitrogens is 2. The molecular weight excluding hydrogens is 669 g/mol. The third-order valence-electron chi connectivity index (χ3n) is 12.3. The number of hydrogen-bond acceptors (Lipinski definition) is 4. The molecule has 0 radical (unpaired) electrons. The van der Waals surface area contributed by atoms with Crippen LogP contribution < -0.4 is 0 Å². The van der Waals surface area contributed by atoms with E-state index < -0.39 is 0 Å². The van der Waals surface area contributed by atoms with Crippen molar-refractivity contribution in [1.29, 1.82) is 0 Å². The van der Waals surface area contributed by atoms with Crippen LogP contribution in [0.5, 0.6) is 0 Å². The molecule has 0 aromatic heterocycles. The van der Waals surface area contributed by atoms with E-state index in [1.807, 2.05) is 0 Å². The van der Waals surface area contributed by atoms with Crippen LogP contribution in [0.1, 0.15) is 233 Å². The van der Waals surface area contributed by atoms with Gasteiger partial charge in [-0.2, -0.15) is 0 Å². The molecule has 326 valence electrons. The Labute approximate surface area is 339 Å². The quantitative estimate of drug-likeness (QED) is 0.0368. The molecule has 0 spiro atoms. The molecule has 0 rings (SSSR count). The number of aliphatic hydroxyl groups is 4. The lowest BCUT2D eigenvalue weighted by atomic mass is 10.0. The Bertz CT molecular complexity index is 657. The predicted molar refractivity (Wildman–Crippen MR) is 236 cm³/mol. The number of unbranched alkanes of at least 4 members (excludes halogenated alkanes) is 23. The van der Waals surface area contributed by atoms with E-state index in [4.69, 9.17) is 0 Å². The molecule has 0 saturated heterocycles. The normalized spacial score (nSPS) is 16.6. The van der Waals surface area contributed by atoms with Crippen LogP contribution in [-0.2, 0) is 0 Å². The van der Waals surface area contributed by atoms with Crippen molar-refractivity contribution in [1.82, 2.24) is 0 Å². The van der Waals surface area contributed by atoms with Gasteiger partial charge in [0.05, 0.1) is 27.2 Å². The molecule has 4 atom stereocenters. The van der Waals surface area contributed by atoms with Gasteiger partial charge < -0.3 is 29.4 Å². The van der Waals surface area contributed by atoms with Crippen molar-refractivity contribution in [2.24, 2.45) is 0 Å². The van der Waals surface area contributed by atoms with Crippen molar-refractivity contribution in [3.8, 4) is 0 Å². The molecule has 4 unspecified atom stereocenters. The van der Waals surface area contributed by atoms with E-state index in [0.29, 0.717) is 0 Å². The summed E-state index contributed by atoms with van der Waals surface area (Å²) in [4.78, 5) is 0. The first-order chi connectivity index (χ1) is 26.0. The maximum Gasteiger partial charge on any atom is 0.105 e. The van der Waals surface area contributed by atoms with Crippen molar-refractivity contribution in [3.05, 3.63) is 0 Å². The monoisotopic (exact) mass is 771 g/mol. The topological polar surface area (TPSA) is 80.9 Å². The molecule has 0 saturated carbocycles. The summed E-state index contributed by atoms with van der Waals surface area (Å²) in [5.74, 6) is 0.